The van der Waals surface area contributed by atoms with Crippen molar-refractivity contribution in [2.24, 2.45) is 0 Å². The Morgan fingerprint density at radius 3 is 1.94 bits per heavy atom. The number of aliphatic carboxylic acids is 1. The summed E-state index contributed by atoms with van der Waals surface area (Å²) in [5.41, 5.74) is 0. The first-order chi connectivity index (χ1) is 8.43. The highest BCUT2D eigenvalue weighted by Crippen LogP contribution is 2.05. The van der Waals surface area contributed by atoms with Crippen LogP contribution in [0.25, 0.3) is 0 Å². The van der Waals surface area contributed by atoms with Crippen LogP contribution in [0, 0.1) is 0 Å². The fraction of sp³-hybridized carbons (Fsp3) is 0.769. The summed E-state index contributed by atoms with van der Waals surface area (Å²) in [5.74, 6) is -0.969. The zero-order valence-corrected chi connectivity index (χ0v) is 12.8. The summed E-state index contributed by atoms with van der Waals surface area (Å²) in [5, 5.41) is 8.96. The molecule has 0 heterocycles. The van der Waals surface area contributed by atoms with Crippen molar-refractivity contribution in [3.05, 3.63) is 0 Å². The predicted molar refractivity (Wildman–Crippen MR) is 75.1 cm³/mol. The van der Waals surface area contributed by atoms with E-state index in [0.717, 1.165) is 18.2 Å². The van der Waals surface area contributed by atoms with Crippen LogP contribution in [0.15, 0.2) is 0 Å². The van der Waals surface area contributed by atoms with Crippen LogP contribution in [0.5, 0.6) is 0 Å². The Balaban J connectivity index is 0. The van der Waals surface area contributed by atoms with Gasteiger partial charge in [0.2, 0.25) is 0 Å². The van der Waals surface area contributed by atoms with Gasteiger partial charge in [-0.05, 0) is 19.8 Å². The number of carboxylic acid groups (broad SMARTS) is 1. The number of Topliss-reactive ketones (excluding diaryl/α,β-unsaturated/α-hetero) is 2. The van der Waals surface area contributed by atoms with E-state index >= 15 is 0 Å². The van der Waals surface area contributed by atoms with Gasteiger partial charge in [0.15, 0.2) is 0 Å². The lowest BCUT2D eigenvalue weighted by atomic mass is 10.1. The number of carbonyl (C=O) groups is 3. The molecule has 106 valence electrons. The minimum absolute atomic E-state index is 0.312. The Kier molecular flexibility index (Phi) is 15.6. The highest BCUT2D eigenvalue weighted by atomic mass is 79.9. The number of ketones is 2. The number of carbonyl (C=O) groups excluding carboxylic acids is 2. The van der Waals surface area contributed by atoms with E-state index in [9.17, 15) is 14.4 Å². The molecule has 0 bridgehead atoms. The molecule has 0 unspecified atom stereocenters. The second-order valence-electron chi connectivity index (χ2n) is 4.02. The van der Waals surface area contributed by atoms with E-state index in [0.29, 0.717) is 12.2 Å². The Hall–Kier alpha value is -0.710. The highest BCUT2D eigenvalue weighted by molar-refractivity contribution is 9.09. The van der Waals surface area contributed by atoms with Crippen LogP contribution in [0.1, 0.15) is 58.8 Å². The van der Waals surface area contributed by atoms with Gasteiger partial charge in [-0.1, -0.05) is 35.7 Å². The van der Waals surface area contributed by atoms with E-state index in [-0.39, 0.29) is 12.2 Å². The second kappa shape index (κ2) is 14.4. The molecule has 0 rings (SSSR count). The number of hydrogen-bond donors (Lipinski definition) is 1. The molecule has 0 saturated carbocycles. The van der Waals surface area contributed by atoms with Crippen molar-refractivity contribution in [3.8, 4) is 0 Å². The molecule has 0 radical (unpaired) electrons. The van der Waals surface area contributed by atoms with Crippen molar-refractivity contribution >= 4 is 33.5 Å². The monoisotopic (exact) mass is 322 g/mol. The van der Waals surface area contributed by atoms with Crippen LogP contribution in [0.3, 0.4) is 0 Å². The van der Waals surface area contributed by atoms with E-state index in [2.05, 4.69) is 15.9 Å². The van der Waals surface area contributed by atoms with Gasteiger partial charge in [0.25, 0.3) is 0 Å². The lowest BCUT2D eigenvalue weighted by Gasteiger charge is -1.97. The fourth-order valence-corrected chi connectivity index (χ4v) is 1.56. The Morgan fingerprint density at radius 1 is 1.06 bits per heavy atom. The number of unbranched alkanes of at least 4 members (excludes halogenated alkanes) is 3. The molecule has 18 heavy (non-hydrogen) atoms. The third kappa shape index (κ3) is 20.7. The quantitative estimate of drug-likeness (QED) is 0.401. The third-order valence-corrected chi connectivity index (χ3v) is 2.69. The van der Waals surface area contributed by atoms with Crippen LogP contribution in [0.2, 0.25) is 0 Å². The third-order valence-electron chi connectivity index (χ3n) is 2.13. The molecule has 0 aromatic rings. The molecule has 0 saturated heterocycles. The number of carboxylic acids is 1. The highest BCUT2D eigenvalue weighted by Gasteiger charge is 1.98. The molecule has 0 aliphatic carbocycles. The average molecular weight is 323 g/mol. The largest absolute Gasteiger partial charge is 0.481 e. The van der Waals surface area contributed by atoms with E-state index in [1.807, 2.05) is 6.92 Å². The van der Waals surface area contributed by atoms with Crippen molar-refractivity contribution in [2.75, 3.05) is 5.33 Å². The van der Waals surface area contributed by atoms with Crippen LogP contribution in [0.4, 0.5) is 0 Å². The van der Waals surface area contributed by atoms with Gasteiger partial charge >= 0.3 is 5.97 Å². The lowest BCUT2D eigenvalue weighted by Crippen LogP contribution is -2.00. The predicted octanol–water partition coefficient (Wildman–Crippen LogP) is 3.36. The summed E-state index contributed by atoms with van der Waals surface area (Å²) in [4.78, 5) is 30.3. The Bertz CT molecular complexity index is 239. The van der Waals surface area contributed by atoms with Crippen molar-refractivity contribution in [2.45, 2.75) is 58.8 Å². The number of halogens is 1. The van der Waals surface area contributed by atoms with Crippen LogP contribution in [-0.2, 0) is 14.4 Å². The Labute approximate surface area is 117 Å². The molecule has 0 aromatic carbocycles. The minimum Gasteiger partial charge on any atom is -0.481 e. The summed E-state index contributed by atoms with van der Waals surface area (Å²) < 4.78 is 0. The summed E-state index contributed by atoms with van der Waals surface area (Å²) in [7, 11) is 0. The average Bonchev–Trinajstić information content (AvgIpc) is 2.27. The standard InChI is InChI=1S/C9H17BrO.C4H6O3/c1-2-9(11)7-5-3-4-6-8-10;1-3(5)2-4(6)7/h2-8H2,1H3;2H2,1H3,(H,6,7). The maximum Gasteiger partial charge on any atom is 0.310 e. The van der Waals surface area contributed by atoms with Crippen molar-refractivity contribution < 1.29 is 19.5 Å². The molecular formula is C13H23BrO4. The normalized spacial score (nSPS) is 9.28. The summed E-state index contributed by atoms with van der Waals surface area (Å²) >= 11 is 3.38. The van der Waals surface area contributed by atoms with Gasteiger partial charge in [0.05, 0.1) is 0 Å². The van der Waals surface area contributed by atoms with Gasteiger partial charge in [-0.2, -0.15) is 0 Å². The lowest BCUT2D eigenvalue weighted by molar-refractivity contribution is -0.139. The first-order valence-corrected chi connectivity index (χ1v) is 7.35. The number of rotatable bonds is 9. The molecular weight excluding hydrogens is 300 g/mol. The first-order valence-electron chi connectivity index (χ1n) is 6.22. The zero-order chi connectivity index (χ0) is 14.4. The maximum atomic E-state index is 10.8. The van der Waals surface area contributed by atoms with E-state index in [4.69, 9.17) is 5.11 Å². The smallest absolute Gasteiger partial charge is 0.310 e. The van der Waals surface area contributed by atoms with Crippen molar-refractivity contribution in [3.63, 3.8) is 0 Å². The van der Waals surface area contributed by atoms with Crippen LogP contribution >= 0.6 is 15.9 Å². The van der Waals surface area contributed by atoms with Gasteiger partial charge < -0.3 is 5.11 Å². The van der Waals surface area contributed by atoms with E-state index in [1.54, 1.807) is 0 Å². The van der Waals surface area contributed by atoms with Gasteiger partial charge in [-0.15, -0.1) is 0 Å². The molecule has 0 fully saturated rings. The maximum absolute atomic E-state index is 10.8. The first kappa shape index (κ1) is 19.6. The minimum atomic E-state index is -1.06. The van der Waals surface area contributed by atoms with Crippen molar-refractivity contribution in [1.29, 1.82) is 0 Å². The zero-order valence-electron chi connectivity index (χ0n) is 11.2. The van der Waals surface area contributed by atoms with E-state index in [1.165, 1.54) is 26.2 Å². The number of alkyl halides is 1. The molecule has 0 aliphatic rings. The summed E-state index contributed by atoms with van der Waals surface area (Å²) in [6, 6.07) is 0. The van der Waals surface area contributed by atoms with E-state index < -0.39 is 5.97 Å². The fourth-order valence-electron chi connectivity index (χ4n) is 1.16. The van der Waals surface area contributed by atoms with Gasteiger partial charge in [-0.3, -0.25) is 14.4 Å². The molecule has 0 atom stereocenters. The Morgan fingerprint density at radius 2 is 1.61 bits per heavy atom. The van der Waals surface area contributed by atoms with Gasteiger partial charge in [0, 0.05) is 18.2 Å². The summed E-state index contributed by atoms with van der Waals surface area (Å²) in [6.45, 7) is 3.18. The molecule has 0 spiro atoms. The molecule has 0 amide bonds. The molecule has 4 nitrogen and oxygen atoms in total. The number of hydrogen-bond acceptors (Lipinski definition) is 3. The molecule has 5 heteroatoms. The molecule has 1 N–H and O–H groups in total. The van der Waals surface area contributed by atoms with Crippen LogP contribution in [-0.4, -0.2) is 28.0 Å². The van der Waals surface area contributed by atoms with Gasteiger partial charge in [0.1, 0.15) is 18.0 Å². The molecule has 0 aromatic heterocycles. The molecule has 0 aliphatic heterocycles. The topological polar surface area (TPSA) is 71.4 Å². The van der Waals surface area contributed by atoms with Crippen molar-refractivity contribution in [1.82, 2.24) is 0 Å². The SMILES string of the molecule is CC(=O)CC(=O)O.CCC(=O)CCCCCCBr. The van der Waals surface area contributed by atoms with Crippen LogP contribution < -0.4 is 0 Å². The van der Waals surface area contributed by atoms with Gasteiger partial charge in [-0.25, -0.2) is 0 Å². The summed E-state index contributed by atoms with van der Waals surface area (Å²) in [6.07, 6.45) is 5.91. The second-order valence-corrected chi connectivity index (χ2v) is 4.81.